The molecule has 2 N–H and O–H groups in total. The summed E-state index contributed by atoms with van der Waals surface area (Å²) in [5.74, 6) is 0.540. The lowest BCUT2D eigenvalue weighted by atomic mass is 9.96. The Kier molecular flexibility index (Phi) is 3.75. The van der Waals surface area contributed by atoms with Crippen molar-refractivity contribution in [3.63, 3.8) is 0 Å². The SMILES string of the molecule is CC(C)C(N)CCc1cncc2ccccc12. The largest absolute Gasteiger partial charge is 0.327 e. The Balaban J connectivity index is 2.19. The van der Waals surface area contributed by atoms with Gasteiger partial charge in [0, 0.05) is 23.8 Å². The summed E-state index contributed by atoms with van der Waals surface area (Å²) in [7, 11) is 0. The molecule has 1 heterocycles. The van der Waals surface area contributed by atoms with E-state index < -0.39 is 0 Å². The molecule has 0 saturated heterocycles. The summed E-state index contributed by atoms with van der Waals surface area (Å²) in [4.78, 5) is 4.29. The lowest BCUT2D eigenvalue weighted by Crippen LogP contribution is -2.26. The molecule has 90 valence electrons. The van der Waals surface area contributed by atoms with Gasteiger partial charge in [-0.25, -0.2) is 0 Å². The Bertz CT molecular complexity index is 486. The molecule has 0 saturated carbocycles. The second kappa shape index (κ2) is 5.28. The summed E-state index contributed by atoms with van der Waals surface area (Å²) in [5.41, 5.74) is 7.39. The zero-order valence-corrected chi connectivity index (χ0v) is 10.6. The van der Waals surface area contributed by atoms with Crippen LogP contribution in [0.1, 0.15) is 25.8 Å². The first-order chi connectivity index (χ1) is 8.18. The van der Waals surface area contributed by atoms with Crippen LogP contribution in [0.15, 0.2) is 36.7 Å². The van der Waals surface area contributed by atoms with Gasteiger partial charge in [-0.2, -0.15) is 0 Å². The normalized spacial score (nSPS) is 13.2. The molecule has 0 fully saturated rings. The van der Waals surface area contributed by atoms with Gasteiger partial charge in [-0.05, 0) is 29.7 Å². The highest BCUT2D eigenvalue weighted by molar-refractivity contribution is 5.84. The number of hydrogen-bond donors (Lipinski definition) is 1. The molecule has 2 aromatic rings. The molecule has 0 aliphatic heterocycles. The number of pyridine rings is 1. The van der Waals surface area contributed by atoms with Crippen LogP contribution in [0.4, 0.5) is 0 Å². The van der Waals surface area contributed by atoms with Gasteiger partial charge in [0.15, 0.2) is 0 Å². The van der Waals surface area contributed by atoms with E-state index in [4.69, 9.17) is 5.73 Å². The molecule has 0 radical (unpaired) electrons. The summed E-state index contributed by atoms with van der Waals surface area (Å²) < 4.78 is 0. The van der Waals surface area contributed by atoms with Crippen LogP contribution in [-0.2, 0) is 6.42 Å². The number of fused-ring (bicyclic) bond motifs is 1. The highest BCUT2D eigenvalue weighted by atomic mass is 14.6. The minimum absolute atomic E-state index is 0.272. The number of nitrogens with zero attached hydrogens (tertiary/aromatic N) is 1. The van der Waals surface area contributed by atoms with Crippen molar-refractivity contribution in [1.82, 2.24) is 4.98 Å². The van der Waals surface area contributed by atoms with Crippen molar-refractivity contribution >= 4 is 10.8 Å². The van der Waals surface area contributed by atoms with E-state index in [1.165, 1.54) is 16.3 Å². The summed E-state index contributed by atoms with van der Waals surface area (Å²) in [6, 6.07) is 8.66. The second-order valence-electron chi connectivity index (χ2n) is 4.97. The monoisotopic (exact) mass is 228 g/mol. The highest BCUT2D eigenvalue weighted by Gasteiger charge is 2.08. The molecule has 1 unspecified atom stereocenters. The Morgan fingerprint density at radius 3 is 2.71 bits per heavy atom. The Morgan fingerprint density at radius 1 is 1.18 bits per heavy atom. The minimum atomic E-state index is 0.272. The first-order valence-corrected chi connectivity index (χ1v) is 6.25. The van der Waals surface area contributed by atoms with Crippen LogP contribution in [0.5, 0.6) is 0 Å². The van der Waals surface area contributed by atoms with Crippen LogP contribution >= 0.6 is 0 Å². The molecule has 1 aromatic carbocycles. The average Bonchev–Trinajstić information content (AvgIpc) is 2.35. The summed E-state index contributed by atoms with van der Waals surface area (Å²) in [6.07, 6.45) is 5.91. The van der Waals surface area contributed by atoms with Crippen molar-refractivity contribution in [3.05, 3.63) is 42.2 Å². The maximum Gasteiger partial charge on any atom is 0.0346 e. The number of aromatic nitrogens is 1. The lowest BCUT2D eigenvalue weighted by Gasteiger charge is -2.15. The maximum absolute atomic E-state index is 6.09. The van der Waals surface area contributed by atoms with E-state index in [-0.39, 0.29) is 6.04 Å². The van der Waals surface area contributed by atoms with E-state index in [9.17, 15) is 0 Å². The third-order valence-electron chi connectivity index (χ3n) is 3.35. The van der Waals surface area contributed by atoms with E-state index in [0.29, 0.717) is 5.92 Å². The van der Waals surface area contributed by atoms with Gasteiger partial charge < -0.3 is 5.73 Å². The zero-order valence-electron chi connectivity index (χ0n) is 10.6. The molecular weight excluding hydrogens is 208 g/mol. The van der Waals surface area contributed by atoms with Crippen LogP contribution < -0.4 is 5.73 Å². The summed E-state index contributed by atoms with van der Waals surface area (Å²) in [5, 5.41) is 2.52. The van der Waals surface area contributed by atoms with Crippen molar-refractivity contribution in [2.75, 3.05) is 0 Å². The smallest absolute Gasteiger partial charge is 0.0346 e. The fourth-order valence-corrected chi connectivity index (χ4v) is 2.03. The molecule has 0 amide bonds. The number of aryl methyl sites for hydroxylation is 1. The van der Waals surface area contributed by atoms with E-state index in [1.54, 1.807) is 0 Å². The van der Waals surface area contributed by atoms with E-state index >= 15 is 0 Å². The van der Waals surface area contributed by atoms with Crippen molar-refractivity contribution in [2.45, 2.75) is 32.7 Å². The van der Waals surface area contributed by atoms with Crippen LogP contribution in [0.2, 0.25) is 0 Å². The van der Waals surface area contributed by atoms with E-state index in [1.807, 2.05) is 18.5 Å². The van der Waals surface area contributed by atoms with Crippen LogP contribution in [-0.4, -0.2) is 11.0 Å². The van der Waals surface area contributed by atoms with Gasteiger partial charge in [0.2, 0.25) is 0 Å². The van der Waals surface area contributed by atoms with Gasteiger partial charge >= 0.3 is 0 Å². The van der Waals surface area contributed by atoms with Gasteiger partial charge in [-0.3, -0.25) is 4.98 Å². The summed E-state index contributed by atoms with van der Waals surface area (Å²) in [6.45, 7) is 4.35. The van der Waals surface area contributed by atoms with Gasteiger partial charge in [0.1, 0.15) is 0 Å². The number of rotatable bonds is 4. The molecule has 0 aliphatic rings. The number of hydrogen-bond acceptors (Lipinski definition) is 2. The predicted molar refractivity (Wildman–Crippen MR) is 72.9 cm³/mol. The third-order valence-corrected chi connectivity index (χ3v) is 3.35. The van der Waals surface area contributed by atoms with Crippen molar-refractivity contribution in [1.29, 1.82) is 0 Å². The molecule has 1 atom stereocenters. The fourth-order valence-electron chi connectivity index (χ4n) is 2.03. The van der Waals surface area contributed by atoms with Crippen LogP contribution in [0, 0.1) is 5.92 Å². The lowest BCUT2D eigenvalue weighted by molar-refractivity contribution is 0.465. The number of benzene rings is 1. The maximum atomic E-state index is 6.09. The molecule has 0 bridgehead atoms. The van der Waals surface area contributed by atoms with Crippen LogP contribution in [0.25, 0.3) is 10.8 Å². The van der Waals surface area contributed by atoms with Gasteiger partial charge in [-0.1, -0.05) is 38.1 Å². The molecule has 2 heteroatoms. The molecule has 17 heavy (non-hydrogen) atoms. The molecule has 1 aromatic heterocycles. The first kappa shape index (κ1) is 12.1. The highest BCUT2D eigenvalue weighted by Crippen LogP contribution is 2.19. The molecule has 2 nitrogen and oxygen atoms in total. The van der Waals surface area contributed by atoms with E-state index in [2.05, 4.69) is 37.0 Å². The molecule has 0 aliphatic carbocycles. The zero-order chi connectivity index (χ0) is 12.3. The Labute approximate surface area is 103 Å². The molecule has 2 rings (SSSR count). The van der Waals surface area contributed by atoms with Gasteiger partial charge in [-0.15, -0.1) is 0 Å². The third kappa shape index (κ3) is 2.83. The number of nitrogens with two attached hydrogens (primary N) is 1. The fraction of sp³-hybridized carbons (Fsp3) is 0.400. The Morgan fingerprint density at radius 2 is 1.94 bits per heavy atom. The second-order valence-corrected chi connectivity index (χ2v) is 4.97. The Hall–Kier alpha value is -1.41. The van der Waals surface area contributed by atoms with Crippen molar-refractivity contribution in [2.24, 2.45) is 11.7 Å². The molecular formula is C15H20N2. The summed E-state index contributed by atoms with van der Waals surface area (Å²) >= 11 is 0. The quantitative estimate of drug-likeness (QED) is 0.873. The van der Waals surface area contributed by atoms with Gasteiger partial charge in [0.05, 0.1) is 0 Å². The topological polar surface area (TPSA) is 38.9 Å². The van der Waals surface area contributed by atoms with Crippen molar-refractivity contribution in [3.8, 4) is 0 Å². The standard InChI is InChI=1S/C15H20N2/c1-11(2)15(16)8-7-13-10-17-9-12-5-3-4-6-14(12)13/h3-6,9-11,15H,7-8,16H2,1-2H3. The molecule has 0 spiro atoms. The van der Waals surface area contributed by atoms with Gasteiger partial charge in [0.25, 0.3) is 0 Å². The first-order valence-electron chi connectivity index (χ1n) is 6.25. The van der Waals surface area contributed by atoms with E-state index in [0.717, 1.165) is 12.8 Å². The van der Waals surface area contributed by atoms with Crippen molar-refractivity contribution < 1.29 is 0 Å². The van der Waals surface area contributed by atoms with Crippen LogP contribution in [0.3, 0.4) is 0 Å². The predicted octanol–water partition coefficient (Wildman–Crippen LogP) is 3.15. The minimum Gasteiger partial charge on any atom is -0.327 e. The average molecular weight is 228 g/mol.